The quantitative estimate of drug-likeness (QED) is 0.801. The molecule has 1 aliphatic rings. The fourth-order valence-electron chi connectivity index (χ4n) is 2.64. The number of aromatic nitrogens is 1. The van der Waals surface area contributed by atoms with Gasteiger partial charge in [0.1, 0.15) is 11.6 Å². The molecule has 3 heterocycles. The Morgan fingerprint density at radius 3 is 2.79 bits per heavy atom. The summed E-state index contributed by atoms with van der Waals surface area (Å²) in [6, 6.07) is 7.79. The molecule has 0 spiro atoms. The van der Waals surface area contributed by atoms with Gasteiger partial charge < -0.3 is 9.64 Å². The SMILES string of the molecule is Cc1cc(C)n(/N=C\c2ccc(N3CCOCC3)s2)c(=O)c1C#N. The largest absolute Gasteiger partial charge is 0.378 e. The van der Waals surface area contributed by atoms with E-state index >= 15 is 0 Å². The third-order valence-electron chi connectivity index (χ3n) is 3.91. The van der Waals surface area contributed by atoms with Crippen molar-refractivity contribution in [2.24, 2.45) is 5.10 Å². The van der Waals surface area contributed by atoms with E-state index in [0.717, 1.165) is 31.2 Å². The molecule has 7 heteroatoms. The van der Waals surface area contributed by atoms with Gasteiger partial charge in [0, 0.05) is 23.7 Å². The van der Waals surface area contributed by atoms with Crippen molar-refractivity contribution >= 4 is 22.6 Å². The number of hydrogen-bond acceptors (Lipinski definition) is 6. The van der Waals surface area contributed by atoms with Crippen LogP contribution in [0.4, 0.5) is 5.00 Å². The van der Waals surface area contributed by atoms with E-state index in [1.807, 2.05) is 12.1 Å². The van der Waals surface area contributed by atoms with Crippen molar-refractivity contribution in [2.75, 3.05) is 31.2 Å². The zero-order chi connectivity index (χ0) is 17.1. The van der Waals surface area contributed by atoms with Gasteiger partial charge in [-0.2, -0.15) is 10.4 Å². The van der Waals surface area contributed by atoms with E-state index in [9.17, 15) is 4.79 Å². The summed E-state index contributed by atoms with van der Waals surface area (Å²) < 4.78 is 6.64. The number of ether oxygens (including phenoxy) is 1. The van der Waals surface area contributed by atoms with E-state index in [2.05, 4.69) is 16.1 Å². The maximum atomic E-state index is 12.3. The lowest BCUT2D eigenvalue weighted by Gasteiger charge is -2.27. The van der Waals surface area contributed by atoms with Crippen LogP contribution < -0.4 is 10.5 Å². The number of pyridine rings is 1. The zero-order valence-electron chi connectivity index (χ0n) is 13.7. The summed E-state index contributed by atoms with van der Waals surface area (Å²) in [6.45, 7) is 6.83. The number of rotatable bonds is 3. The number of nitrogens with zero attached hydrogens (tertiary/aromatic N) is 4. The maximum Gasteiger partial charge on any atom is 0.289 e. The third-order valence-corrected chi connectivity index (χ3v) is 4.99. The van der Waals surface area contributed by atoms with Gasteiger partial charge in [-0.3, -0.25) is 4.79 Å². The molecule has 0 amide bonds. The van der Waals surface area contributed by atoms with Gasteiger partial charge in [-0.25, -0.2) is 4.68 Å². The first-order valence-electron chi connectivity index (χ1n) is 7.70. The minimum absolute atomic E-state index is 0.137. The number of nitriles is 1. The first kappa shape index (κ1) is 16.4. The van der Waals surface area contributed by atoms with Crippen molar-refractivity contribution < 1.29 is 4.74 Å². The molecule has 2 aromatic rings. The Morgan fingerprint density at radius 1 is 1.33 bits per heavy atom. The van der Waals surface area contributed by atoms with E-state index in [-0.39, 0.29) is 11.1 Å². The van der Waals surface area contributed by atoms with Crippen LogP contribution in [0.2, 0.25) is 0 Å². The van der Waals surface area contributed by atoms with E-state index in [4.69, 9.17) is 10.00 Å². The second kappa shape index (κ2) is 6.99. The minimum atomic E-state index is -0.379. The van der Waals surface area contributed by atoms with Gasteiger partial charge in [0.25, 0.3) is 5.56 Å². The Hall–Kier alpha value is -2.43. The number of morpholine rings is 1. The predicted octanol–water partition coefficient (Wildman–Crippen LogP) is 2.12. The molecule has 0 radical (unpaired) electrons. The summed E-state index contributed by atoms with van der Waals surface area (Å²) in [5.74, 6) is 0. The highest BCUT2D eigenvalue weighted by Crippen LogP contribution is 2.25. The molecular formula is C17H18N4O2S. The lowest BCUT2D eigenvalue weighted by Crippen LogP contribution is -2.35. The van der Waals surface area contributed by atoms with Crippen LogP contribution in [-0.4, -0.2) is 37.2 Å². The lowest BCUT2D eigenvalue weighted by molar-refractivity contribution is 0.123. The summed E-state index contributed by atoms with van der Waals surface area (Å²) in [5, 5.41) is 14.6. The van der Waals surface area contributed by atoms with Crippen LogP contribution in [0, 0.1) is 25.2 Å². The molecule has 0 unspecified atom stereocenters. The van der Waals surface area contributed by atoms with E-state index < -0.39 is 0 Å². The second-order valence-corrected chi connectivity index (χ2v) is 6.69. The van der Waals surface area contributed by atoms with Gasteiger partial charge in [0.05, 0.1) is 24.4 Å². The highest BCUT2D eigenvalue weighted by atomic mass is 32.1. The number of hydrogen-bond donors (Lipinski definition) is 0. The summed E-state index contributed by atoms with van der Waals surface area (Å²) in [6.07, 6.45) is 1.67. The van der Waals surface area contributed by atoms with Crippen LogP contribution in [0.3, 0.4) is 0 Å². The second-order valence-electron chi connectivity index (χ2n) is 5.59. The number of thiophene rings is 1. The molecule has 0 aromatic carbocycles. The highest BCUT2D eigenvalue weighted by Gasteiger charge is 2.13. The van der Waals surface area contributed by atoms with Gasteiger partial charge in [0.2, 0.25) is 0 Å². The fourth-order valence-corrected chi connectivity index (χ4v) is 3.57. The molecule has 6 nitrogen and oxygen atoms in total. The molecule has 0 atom stereocenters. The van der Waals surface area contributed by atoms with E-state index in [1.54, 1.807) is 37.5 Å². The van der Waals surface area contributed by atoms with Crippen LogP contribution in [-0.2, 0) is 4.74 Å². The first-order chi connectivity index (χ1) is 11.6. The number of anilines is 1. The molecular weight excluding hydrogens is 324 g/mol. The minimum Gasteiger partial charge on any atom is -0.378 e. The average molecular weight is 342 g/mol. The van der Waals surface area contributed by atoms with Crippen LogP contribution in [0.25, 0.3) is 0 Å². The third kappa shape index (κ3) is 3.25. The molecule has 2 aromatic heterocycles. The van der Waals surface area contributed by atoms with Gasteiger partial charge in [0.15, 0.2) is 0 Å². The average Bonchev–Trinajstić information content (AvgIpc) is 3.04. The van der Waals surface area contributed by atoms with Crippen LogP contribution in [0.1, 0.15) is 21.7 Å². The van der Waals surface area contributed by atoms with Crippen molar-refractivity contribution in [1.82, 2.24) is 4.68 Å². The van der Waals surface area contributed by atoms with Crippen molar-refractivity contribution in [1.29, 1.82) is 5.26 Å². The summed E-state index contributed by atoms with van der Waals surface area (Å²) >= 11 is 1.62. The molecule has 0 bridgehead atoms. The monoisotopic (exact) mass is 342 g/mol. The molecule has 1 fully saturated rings. The lowest BCUT2D eigenvalue weighted by atomic mass is 10.1. The molecule has 3 rings (SSSR count). The van der Waals surface area contributed by atoms with Gasteiger partial charge in [-0.1, -0.05) is 0 Å². The molecule has 124 valence electrons. The summed E-state index contributed by atoms with van der Waals surface area (Å²) in [5.41, 5.74) is 1.14. The highest BCUT2D eigenvalue weighted by molar-refractivity contribution is 7.17. The standard InChI is InChI=1S/C17H18N4O2S/c1-12-9-13(2)21(17(22)15(12)10-18)19-11-14-3-4-16(24-14)20-5-7-23-8-6-20/h3-4,9,11H,5-8H2,1-2H3/b19-11-. The molecule has 0 N–H and O–H groups in total. The predicted molar refractivity (Wildman–Crippen MR) is 95.2 cm³/mol. The Bertz CT molecular complexity index is 870. The summed E-state index contributed by atoms with van der Waals surface area (Å²) in [7, 11) is 0. The van der Waals surface area contributed by atoms with Crippen molar-refractivity contribution in [3.05, 3.63) is 50.3 Å². The normalized spacial score (nSPS) is 15.0. The van der Waals surface area contributed by atoms with Gasteiger partial charge >= 0.3 is 0 Å². The number of aryl methyl sites for hydroxylation is 2. The zero-order valence-corrected chi connectivity index (χ0v) is 14.5. The topological polar surface area (TPSA) is 70.6 Å². The van der Waals surface area contributed by atoms with Crippen LogP contribution in [0.5, 0.6) is 0 Å². The Balaban J connectivity index is 1.86. The smallest absolute Gasteiger partial charge is 0.289 e. The Kier molecular flexibility index (Phi) is 4.79. The van der Waals surface area contributed by atoms with Crippen molar-refractivity contribution in [3.8, 4) is 6.07 Å². The van der Waals surface area contributed by atoms with Crippen LogP contribution in [0.15, 0.2) is 28.1 Å². The van der Waals surface area contributed by atoms with Crippen molar-refractivity contribution in [2.45, 2.75) is 13.8 Å². The molecule has 24 heavy (non-hydrogen) atoms. The fraction of sp³-hybridized carbons (Fsp3) is 0.353. The molecule has 0 aliphatic carbocycles. The van der Waals surface area contributed by atoms with Gasteiger partial charge in [-0.15, -0.1) is 11.3 Å². The maximum absolute atomic E-state index is 12.3. The Labute approximate surface area is 144 Å². The van der Waals surface area contributed by atoms with E-state index in [0.29, 0.717) is 11.3 Å². The molecule has 0 saturated carbocycles. The van der Waals surface area contributed by atoms with E-state index in [1.165, 1.54) is 9.68 Å². The molecule has 1 aliphatic heterocycles. The first-order valence-corrected chi connectivity index (χ1v) is 8.52. The van der Waals surface area contributed by atoms with Crippen molar-refractivity contribution in [3.63, 3.8) is 0 Å². The Morgan fingerprint density at radius 2 is 2.08 bits per heavy atom. The van der Waals surface area contributed by atoms with Gasteiger partial charge in [-0.05, 0) is 37.6 Å². The van der Waals surface area contributed by atoms with Crippen LogP contribution >= 0.6 is 11.3 Å². The summed E-state index contributed by atoms with van der Waals surface area (Å²) in [4.78, 5) is 15.6. The molecule has 1 saturated heterocycles.